The Morgan fingerprint density at radius 1 is 1.20 bits per heavy atom. The minimum atomic E-state index is -3.86. The average Bonchev–Trinajstić information content (AvgIpc) is 3.04. The summed E-state index contributed by atoms with van der Waals surface area (Å²) in [5, 5.41) is 13.1. The highest BCUT2D eigenvalue weighted by atomic mass is 35.5. The zero-order chi connectivity index (χ0) is 26.3. The van der Waals surface area contributed by atoms with Crippen LogP contribution >= 0.6 is 11.6 Å². The number of benzene rings is 2. The third kappa shape index (κ3) is 6.71. The van der Waals surface area contributed by atoms with Crippen LogP contribution in [-0.2, 0) is 10.0 Å². The van der Waals surface area contributed by atoms with Crippen LogP contribution < -0.4 is 4.41 Å². The van der Waals surface area contributed by atoms with Gasteiger partial charge in [0, 0.05) is 36.2 Å². The van der Waals surface area contributed by atoms with Crippen molar-refractivity contribution in [3.63, 3.8) is 0 Å². The smallest absolute Gasteiger partial charge is 0.274 e. The molecule has 3 rings (SSSR count). The molecule has 9 heteroatoms. The second-order valence-electron chi connectivity index (χ2n) is 7.80. The van der Waals surface area contributed by atoms with Crippen molar-refractivity contribution in [3.05, 3.63) is 118 Å². The van der Waals surface area contributed by atoms with Crippen LogP contribution in [0.1, 0.15) is 24.5 Å². The van der Waals surface area contributed by atoms with Crippen molar-refractivity contribution < 1.29 is 13.3 Å². The number of hydrogen-bond acceptors (Lipinski definition) is 5. The molecule has 0 amide bonds. The van der Waals surface area contributed by atoms with Crippen LogP contribution in [-0.4, -0.2) is 25.4 Å². The molecule has 7 nitrogen and oxygen atoms in total. The van der Waals surface area contributed by atoms with E-state index < -0.39 is 14.9 Å². The number of nitro groups is 1. The number of nitrogens with zero attached hydrogens (tertiary/aromatic N) is 3. The number of hydrogen-bond donors (Lipinski definition) is 0. The van der Waals surface area contributed by atoms with Gasteiger partial charge in [0.2, 0.25) is 0 Å². The van der Waals surface area contributed by atoms with Gasteiger partial charge in [-0.25, -0.2) is 0 Å². The Kier molecular flexibility index (Phi) is 9.22. The molecule has 0 fully saturated rings. The van der Waals surface area contributed by atoms with Crippen LogP contribution in [0, 0.1) is 17.0 Å². The van der Waals surface area contributed by atoms with E-state index in [2.05, 4.69) is 19.7 Å². The Labute approximate surface area is 211 Å². The summed E-state index contributed by atoms with van der Waals surface area (Å²) >= 11 is 5.77. The van der Waals surface area contributed by atoms with Gasteiger partial charge in [0.05, 0.1) is 21.2 Å². The summed E-state index contributed by atoms with van der Waals surface area (Å²) in [5.74, 6) is 0. The first kappa shape index (κ1) is 27.6. The first-order chi connectivity index (χ1) is 16.4. The van der Waals surface area contributed by atoms with E-state index in [0.717, 1.165) is 27.0 Å². The summed E-state index contributed by atoms with van der Waals surface area (Å²) in [6.07, 6.45) is 8.13. The maximum absolute atomic E-state index is 13.0. The molecule has 1 aliphatic heterocycles. The summed E-state index contributed by atoms with van der Waals surface area (Å²) in [5.41, 5.74) is 2.99. The van der Waals surface area contributed by atoms with Crippen molar-refractivity contribution in [2.45, 2.75) is 25.2 Å². The van der Waals surface area contributed by atoms with Crippen molar-refractivity contribution >= 4 is 38.7 Å². The highest BCUT2D eigenvalue weighted by Gasteiger charge is 2.38. The highest BCUT2D eigenvalue weighted by Crippen LogP contribution is 2.42. The second kappa shape index (κ2) is 11.7. The Morgan fingerprint density at radius 2 is 1.83 bits per heavy atom. The molecule has 0 unspecified atom stereocenters. The number of rotatable bonds is 7. The molecule has 1 heterocycles. The lowest BCUT2D eigenvalue weighted by molar-refractivity contribution is -0.384. The lowest BCUT2D eigenvalue weighted by atomic mass is 10.1. The van der Waals surface area contributed by atoms with E-state index in [1.807, 2.05) is 32.1 Å². The molecular formula is C26H28ClN3O4S. The van der Waals surface area contributed by atoms with E-state index >= 15 is 0 Å². The molecule has 0 N–H and O–H groups in total. The predicted molar refractivity (Wildman–Crippen MR) is 143 cm³/mol. The lowest BCUT2D eigenvalue weighted by Gasteiger charge is -2.27. The van der Waals surface area contributed by atoms with Gasteiger partial charge >= 0.3 is 0 Å². The number of nitro benzene ring substituents is 1. The zero-order valence-electron chi connectivity index (χ0n) is 19.9. The summed E-state index contributed by atoms with van der Waals surface area (Å²) in [6, 6.07) is 10.5. The number of anilines is 1. The van der Waals surface area contributed by atoms with E-state index in [1.165, 1.54) is 35.3 Å². The molecule has 0 saturated carbocycles. The van der Waals surface area contributed by atoms with Gasteiger partial charge in [-0.05, 0) is 38.1 Å². The minimum absolute atomic E-state index is 0.113. The average molecular weight is 514 g/mol. The van der Waals surface area contributed by atoms with Gasteiger partial charge in [-0.1, -0.05) is 66.3 Å². The molecule has 1 aliphatic rings. The molecular weight excluding hydrogens is 486 g/mol. The van der Waals surface area contributed by atoms with E-state index in [1.54, 1.807) is 25.3 Å². The lowest BCUT2D eigenvalue weighted by Crippen LogP contribution is -2.39. The molecule has 184 valence electrons. The van der Waals surface area contributed by atoms with Crippen molar-refractivity contribution in [2.24, 2.45) is 0 Å². The molecule has 2 aromatic carbocycles. The maximum atomic E-state index is 13.0. The fourth-order valence-corrected chi connectivity index (χ4v) is 4.81. The Balaban J connectivity index is 0.000000334. The molecule has 35 heavy (non-hydrogen) atoms. The maximum Gasteiger partial charge on any atom is 0.281 e. The van der Waals surface area contributed by atoms with Crippen LogP contribution in [0.3, 0.4) is 0 Å². The van der Waals surface area contributed by atoms with Gasteiger partial charge in [-0.3, -0.25) is 15.1 Å². The highest BCUT2D eigenvalue weighted by molar-refractivity contribution is 7.92. The van der Waals surface area contributed by atoms with Gasteiger partial charge in [0.25, 0.3) is 15.7 Å². The van der Waals surface area contributed by atoms with Crippen molar-refractivity contribution in [2.75, 3.05) is 11.5 Å². The Bertz CT molecular complexity index is 1310. The van der Waals surface area contributed by atoms with Gasteiger partial charge < -0.3 is 0 Å². The minimum Gasteiger partial charge on any atom is -0.274 e. The number of fused-ring (bicyclic) bond motifs is 1. The van der Waals surface area contributed by atoms with E-state index in [-0.39, 0.29) is 10.6 Å². The van der Waals surface area contributed by atoms with Crippen LogP contribution in [0.5, 0.6) is 0 Å². The quantitative estimate of drug-likeness (QED) is 0.177. The van der Waals surface area contributed by atoms with Crippen molar-refractivity contribution in [1.82, 2.24) is 5.01 Å². The largest absolute Gasteiger partial charge is 0.281 e. The molecule has 0 spiro atoms. The number of non-ortho nitro benzene ring substituents is 1. The number of allylic oxidation sites excluding steroid dienone is 6. The van der Waals surface area contributed by atoms with E-state index in [4.69, 9.17) is 11.6 Å². The summed E-state index contributed by atoms with van der Waals surface area (Å²) in [6.45, 7) is 14.9. The summed E-state index contributed by atoms with van der Waals surface area (Å²) < 4.78 is 27.1. The molecule has 0 aliphatic carbocycles. The van der Waals surface area contributed by atoms with Crippen molar-refractivity contribution in [1.29, 1.82) is 0 Å². The number of hydrazine groups is 1. The summed E-state index contributed by atoms with van der Waals surface area (Å²) in [4.78, 5) is 10.6. The van der Waals surface area contributed by atoms with Crippen LogP contribution in [0.4, 0.5) is 11.4 Å². The van der Waals surface area contributed by atoms with Gasteiger partial charge in [-0.15, -0.1) is 6.58 Å². The van der Waals surface area contributed by atoms with Crippen molar-refractivity contribution in [3.8, 4) is 0 Å². The van der Waals surface area contributed by atoms with Crippen LogP contribution in [0.25, 0.3) is 5.70 Å². The monoisotopic (exact) mass is 513 g/mol. The topological polar surface area (TPSA) is 83.8 Å². The first-order valence-electron chi connectivity index (χ1n) is 10.5. The first-order valence-corrected chi connectivity index (χ1v) is 12.3. The van der Waals surface area contributed by atoms with Gasteiger partial charge in [0.1, 0.15) is 0 Å². The van der Waals surface area contributed by atoms with Gasteiger partial charge in [-0.2, -0.15) is 12.8 Å². The second-order valence-corrected chi connectivity index (χ2v) is 10.1. The number of sulfonamides is 1. The fourth-order valence-electron chi connectivity index (χ4n) is 3.10. The Hall–Kier alpha value is -3.62. The molecule has 0 aromatic heterocycles. The molecule has 0 bridgehead atoms. The number of halogens is 1. The normalized spacial score (nSPS) is 13.4. The van der Waals surface area contributed by atoms with E-state index in [0.29, 0.717) is 16.9 Å². The molecule has 0 radical (unpaired) electrons. The third-order valence-electron chi connectivity index (χ3n) is 4.91. The van der Waals surface area contributed by atoms with Gasteiger partial charge in [0.15, 0.2) is 0 Å². The molecule has 0 saturated heterocycles. The molecule has 2 aromatic rings. The third-order valence-corrected chi connectivity index (χ3v) is 6.96. The standard InChI is InChI=1S/C16H15N3O4S.C10H13Cl/c1-11-4-7-14(8-5-11)24(22,23)18-16-9-6-13(19(20)21)10-15(16)12(2)17(18)3;1-4-6-10(11)8-5-7-9(2)3/h4-10H,2H2,1,3H3;4-5,7-8H,1-2,6H2,3H3/b;7-5-,10-8+. The zero-order valence-corrected chi connectivity index (χ0v) is 21.5. The van der Waals surface area contributed by atoms with E-state index in [9.17, 15) is 18.5 Å². The summed E-state index contributed by atoms with van der Waals surface area (Å²) in [7, 11) is -2.30. The Morgan fingerprint density at radius 3 is 2.37 bits per heavy atom. The van der Waals surface area contributed by atoms with Crippen LogP contribution in [0.15, 0.2) is 102 Å². The molecule has 0 atom stereocenters. The fraction of sp³-hybridized carbons (Fsp3) is 0.154. The predicted octanol–water partition coefficient (Wildman–Crippen LogP) is 6.75. The number of aryl methyl sites for hydroxylation is 1. The SMILES string of the molecule is C=C1c2cc([N+](=O)[O-])ccc2N(S(=O)(=O)c2ccc(C)cc2)N1C.C=CC/C(Cl)=C\C=C/C(=C)C. The van der Waals surface area contributed by atoms with Crippen LogP contribution in [0.2, 0.25) is 0 Å².